The van der Waals surface area contributed by atoms with Crippen LogP contribution >= 0.6 is 0 Å². The third-order valence-electron chi connectivity index (χ3n) is 3.35. The van der Waals surface area contributed by atoms with Crippen LogP contribution in [0, 0.1) is 0 Å². The van der Waals surface area contributed by atoms with Crippen LogP contribution in [-0.4, -0.2) is 48.6 Å². The lowest BCUT2D eigenvalue weighted by Crippen LogP contribution is -2.42. The van der Waals surface area contributed by atoms with Gasteiger partial charge in [0, 0.05) is 12.6 Å². The molecule has 1 rings (SSSR count). The van der Waals surface area contributed by atoms with Gasteiger partial charge in [0.05, 0.1) is 0 Å². The summed E-state index contributed by atoms with van der Waals surface area (Å²) >= 11 is 0. The maximum Gasteiger partial charge on any atom is 0.326 e. The van der Waals surface area contributed by atoms with Crippen molar-refractivity contribution in [3.63, 3.8) is 0 Å². The third-order valence-corrected chi connectivity index (χ3v) is 3.35. The molecule has 1 atom stereocenters. The van der Waals surface area contributed by atoms with Crippen LogP contribution < -0.4 is 5.32 Å². The zero-order valence-electron chi connectivity index (χ0n) is 12.2. The molecular weight excluding hydrogens is 256 g/mol. The molecule has 0 spiro atoms. The smallest absolute Gasteiger partial charge is 0.326 e. The molecule has 0 aliphatic rings. The van der Waals surface area contributed by atoms with Gasteiger partial charge in [0.25, 0.3) is 5.91 Å². The fraction of sp³-hybridized carbons (Fsp3) is 0.467. The van der Waals surface area contributed by atoms with Gasteiger partial charge in [-0.1, -0.05) is 25.1 Å². The number of carbonyl (C=O) groups excluding carboxylic acids is 1. The number of hydrogen-bond acceptors (Lipinski definition) is 3. The number of aliphatic carboxylic acids is 1. The van der Waals surface area contributed by atoms with Crippen LogP contribution in [0.2, 0.25) is 0 Å². The number of carboxylic acid groups (broad SMARTS) is 1. The molecular formula is C15H22N2O3. The number of carbonyl (C=O) groups is 2. The van der Waals surface area contributed by atoms with Crippen molar-refractivity contribution in [2.75, 3.05) is 20.6 Å². The number of likely N-dealkylation sites (N-methyl/N-ethyl adjacent to an activating group) is 2. The molecule has 0 saturated heterocycles. The van der Waals surface area contributed by atoms with E-state index in [0.29, 0.717) is 12.0 Å². The number of benzene rings is 1. The zero-order chi connectivity index (χ0) is 15.1. The summed E-state index contributed by atoms with van der Waals surface area (Å²) in [5.74, 6) is -1.22. The maximum absolute atomic E-state index is 12.5. The molecule has 0 radical (unpaired) electrons. The molecule has 0 aliphatic carbocycles. The summed E-state index contributed by atoms with van der Waals surface area (Å²) in [7, 11) is 3.40. The van der Waals surface area contributed by atoms with Crippen molar-refractivity contribution in [2.45, 2.75) is 25.8 Å². The van der Waals surface area contributed by atoms with Gasteiger partial charge >= 0.3 is 5.97 Å². The Kier molecular flexibility index (Phi) is 6.18. The molecule has 0 fully saturated rings. The topological polar surface area (TPSA) is 69.6 Å². The van der Waals surface area contributed by atoms with Gasteiger partial charge in [0.1, 0.15) is 6.04 Å². The minimum Gasteiger partial charge on any atom is -0.480 e. The lowest BCUT2D eigenvalue weighted by molar-refractivity contribution is -0.142. The van der Waals surface area contributed by atoms with E-state index in [2.05, 4.69) is 5.32 Å². The van der Waals surface area contributed by atoms with Crippen molar-refractivity contribution in [1.29, 1.82) is 0 Å². The van der Waals surface area contributed by atoms with Gasteiger partial charge in [0.15, 0.2) is 0 Å². The summed E-state index contributed by atoms with van der Waals surface area (Å²) in [5.41, 5.74) is 1.50. The first-order valence-corrected chi connectivity index (χ1v) is 6.75. The van der Waals surface area contributed by atoms with Gasteiger partial charge in [-0.25, -0.2) is 4.79 Å². The highest BCUT2D eigenvalue weighted by Crippen LogP contribution is 2.14. The molecule has 1 aromatic carbocycles. The molecule has 0 heterocycles. The minimum atomic E-state index is -0.976. The van der Waals surface area contributed by atoms with E-state index in [1.54, 1.807) is 26.1 Å². The monoisotopic (exact) mass is 278 g/mol. The van der Waals surface area contributed by atoms with Gasteiger partial charge in [0.2, 0.25) is 0 Å². The molecule has 1 amide bonds. The van der Waals surface area contributed by atoms with Gasteiger partial charge in [-0.2, -0.15) is 0 Å². The highest BCUT2D eigenvalue weighted by molar-refractivity contribution is 5.97. The number of nitrogens with one attached hydrogen (secondary N) is 1. The van der Waals surface area contributed by atoms with Crippen molar-refractivity contribution in [1.82, 2.24) is 10.2 Å². The predicted molar refractivity (Wildman–Crippen MR) is 77.9 cm³/mol. The lowest BCUT2D eigenvalue weighted by Gasteiger charge is -2.24. The Hall–Kier alpha value is -1.88. The Labute approximate surface area is 119 Å². The molecule has 5 heteroatoms. The van der Waals surface area contributed by atoms with Crippen molar-refractivity contribution in [3.05, 3.63) is 35.4 Å². The van der Waals surface area contributed by atoms with Crippen LogP contribution in [-0.2, 0) is 11.2 Å². The van der Waals surface area contributed by atoms with Crippen LogP contribution in [0.5, 0.6) is 0 Å². The maximum atomic E-state index is 12.5. The highest BCUT2D eigenvalue weighted by Gasteiger charge is 2.26. The Morgan fingerprint density at radius 1 is 1.35 bits per heavy atom. The van der Waals surface area contributed by atoms with E-state index in [1.807, 2.05) is 19.2 Å². The number of carboxylic acids is 1. The Bertz CT molecular complexity index is 474. The van der Waals surface area contributed by atoms with Crippen LogP contribution in [0.25, 0.3) is 0 Å². The first kappa shape index (κ1) is 16.2. The van der Waals surface area contributed by atoms with Crippen molar-refractivity contribution in [3.8, 4) is 0 Å². The average molecular weight is 278 g/mol. The Morgan fingerprint density at radius 2 is 2.00 bits per heavy atom. The van der Waals surface area contributed by atoms with E-state index in [1.165, 1.54) is 4.90 Å². The third kappa shape index (κ3) is 3.81. The molecule has 110 valence electrons. The van der Waals surface area contributed by atoms with Gasteiger partial charge < -0.3 is 15.3 Å². The van der Waals surface area contributed by atoms with Crippen molar-refractivity contribution in [2.24, 2.45) is 0 Å². The number of nitrogens with zero attached hydrogens (tertiary/aromatic N) is 1. The van der Waals surface area contributed by atoms with Crippen LogP contribution in [0.4, 0.5) is 0 Å². The van der Waals surface area contributed by atoms with E-state index in [-0.39, 0.29) is 5.91 Å². The fourth-order valence-corrected chi connectivity index (χ4v) is 2.15. The lowest BCUT2D eigenvalue weighted by atomic mass is 10.0. The van der Waals surface area contributed by atoms with E-state index in [4.69, 9.17) is 5.11 Å². The summed E-state index contributed by atoms with van der Waals surface area (Å²) in [5, 5.41) is 12.2. The molecule has 0 aromatic heterocycles. The highest BCUT2D eigenvalue weighted by atomic mass is 16.4. The summed E-state index contributed by atoms with van der Waals surface area (Å²) in [6.45, 7) is 2.53. The zero-order valence-corrected chi connectivity index (χ0v) is 12.2. The first-order valence-electron chi connectivity index (χ1n) is 6.75. The first-order chi connectivity index (χ1) is 9.52. The van der Waals surface area contributed by atoms with E-state index < -0.39 is 12.0 Å². The second kappa shape index (κ2) is 7.65. The second-order valence-corrected chi connectivity index (χ2v) is 4.69. The normalized spacial score (nSPS) is 11.9. The van der Waals surface area contributed by atoms with E-state index in [0.717, 1.165) is 18.5 Å². The number of hydrogen-bond donors (Lipinski definition) is 2. The number of amides is 1. The van der Waals surface area contributed by atoms with Crippen LogP contribution in [0.3, 0.4) is 0 Å². The van der Waals surface area contributed by atoms with Crippen LogP contribution in [0.15, 0.2) is 24.3 Å². The van der Waals surface area contributed by atoms with Crippen LogP contribution in [0.1, 0.15) is 29.3 Å². The average Bonchev–Trinajstić information content (AvgIpc) is 2.44. The molecule has 1 unspecified atom stereocenters. The molecule has 20 heavy (non-hydrogen) atoms. The molecule has 0 aliphatic heterocycles. The standard InChI is InChI=1S/C15H22N2O3/c1-4-13(15(19)20)17(3)14(18)12-8-6-5-7-11(12)9-10-16-2/h5-8,13,16H,4,9-10H2,1-3H3,(H,19,20). The summed E-state index contributed by atoms with van der Waals surface area (Å²) in [6.07, 6.45) is 1.12. The molecule has 5 nitrogen and oxygen atoms in total. The van der Waals surface area contributed by atoms with Gasteiger partial charge in [-0.05, 0) is 38.1 Å². The summed E-state index contributed by atoms with van der Waals surface area (Å²) in [4.78, 5) is 24.9. The summed E-state index contributed by atoms with van der Waals surface area (Å²) in [6, 6.07) is 6.54. The van der Waals surface area contributed by atoms with Gasteiger partial charge in [-0.15, -0.1) is 0 Å². The quantitative estimate of drug-likeness (QED) is 0.790. The van der Waals surface area contributed by atoms with E-state index >= 15 is 0 Å². The Balaban J connectivity index is 2.99. The second-order valence-electron chi connectivity index (χ2n) is 4.69. The SMILES string of the molecule is CCC(C(=O)O)N(C)C(=O)c1ccccc1CCNC. The fourth-order valence-electron chi connectivity index (χ4n) is 2.15. The molecule has 0 saturated carbocycles. The largest absolute Gasteiger partial charge is 0.480 e. The Morgan fingerprint density at radius 3 is 2.55 bits per heavy atom. The molecule has 2 N–H and O–H groups in total. The predicted octanol–water partition coefficient (Wildman–Crippen LogP) is 1.38. The van der Waals surface area contributed by atoms with E-state index in [9.17, 15) is 9.59 Å². The molecule has 1 aromatic rings. The molecule has 0 bridgehead atoms. The summed E-state index contributed by atoms with van der Waals surface area (Å²) < 4.78 is 0. The number of rotatable bonds is 7. The van der Waals surface area contributed by atoms with Crippen molar-refractivity contribution >= 4 is 11.9 Å². The van der Waals surface area contributed by atoms with Gasteiger partial charge in [-0.3, -0.25) is 4.79 Å². The van der Waals surface area contributed by atoms with Crippen molar-refractivity contribution < 1.29 is 14.7 Å². The minimum absolute atomic E-state index is 0.244.